The SMILES string of the molecule is CCNC(=NCC1CCCc2ccccc21)NC1CCN(C(=O)C(C)C)C1. The van der Waals surface area contributed by atoms with Crippen LogP contribution in [-0.4, -0.2) is 49.0 Å². The molecular weight excluding hydrogens is 336 g/mol. The van der Waals surface area contributed by atoms with E-state index in [9.17, 15) is 4.79 Å². The minimum atomic E-state index is 0.0667. The first kappa shape index (κ1) is 19.7. The zero-order valence-electron chi connectivity index (χ0n) is 17.0. The second-order valence-electron chi connectivity index (χ2n) is 8.08. The van der Waals surface area contributed by atoms with Crippen LogP contribution in [0.5, 0.6) is 0 Å². The first-order chi connectivity index (χ1) is 13.1. The van der Waals surface area contributed by atoms with Crippen LogP contribution >= 0.6 is 0 Å². The van der Waals surface area contributed by atoms with Gasteiger partial charge >= 0.3 is 0 Å². The predicted octanol–water partition coefficient (Wildman–Crippen LogP) is 2.92. The lowest BCUT2D eigenvalue weighted by molar-refractivity contribution is -0.133. The normalized spacial score (nSPS) is 22.7. The van der Waals surface area contributed by atoms with Crippen LogP contribution in [0.3, 0.4) is 0 Å². The van der Waals surface area contributed by atoms with Crippen LogP contribution in [0.1, 0.15) is 57.1 Å². The highest BCUT2D eigenvalue weighted by Gasteiger charge is 2.28. The molecule has 0 aromatic heterocycles. The molecule has 1 aliphatic carbocycles. The van der Waals surface area contributed by atoms with Gasteiger partial charge in [0.25, 0.3) is 0 Å². The van der Waals surface area contributed by atoms with Gasteiger partial charge in [0, 0.05) is 44.1 Å². The van der Waals surface area contributed by atoms with Crippen molar-refractivity contribution in [1.29, 1.82) is 0 Å². The van der Waals surface area contributed by atoms with Crippen molar-refractivity contribution in [1.82, 2.24) is 15.5 Å². The maximum atomic E-state index is 12.2. The fourth-order valence-electron chi connectivity index (χ4n) is 4.20. The van der Waals surface area contributed by atoms with Crippen LogP contribution in [0.15, 0.2) is 29.3 Å². The molecule has 0 spiro atoms. The van der Waals surface area contributed by atoms with Crippen LogP contribution in [0.2, 0.25) is 0 Å². The summed E-state index contributed by atoms with van der Waals surface area (Å²) in [6.45, 7) is 9.30. The van der Waals surface area contributed by atoms with Crippen LogP contribution in [0.4, 0.5) is 0 Å². The van der Waals surface area contributed by atoms with Crippen molar-refractivity contribution in [2.45, 2.75) is 58.4 Å². The summed E-state index contributed by atoms with van der Waals surface area (Å²) in [6.07, 6.45) is 4.63. The Kier molecular flexibility index (Phi) is 6.75. The first-order valence-corrected chi connectivity index (χ1v) is 10.5. The van der Waals surface area contributed by atoms with E-state index in [4.69, 9.17) is 4.99 Å². The molecule has 5 heteroatoms. The molecule has 148 valence electrons. The molecule has 2 unspecified atom stereocenters. The van der Waals surface area contributed by atoms with Gasteiger partial charge in [-0.1, -0.05) is 38.1 Å². The van der Waals surface area contributed by atoms with Crippen LogP contribution in [-0.2, 0) is 11.2 Å². The van der Waals surface area contributed by atoms with Gasteiger partial charge in [-0.25, -0.2) is 0 Å². The van der Waals surface area contributed by atoms with Crippen LogP contribution in [0.25, 0.3) is 0 Å². The Morgan fingerprint density at radius 3 is 2.89 bits per heavy atom. The summed E-state index contributed by atoms with van der Waals surface area (Å²) in [4.78, 5) is 19.1. The van der Waals surface area contributed by atoms with E-state index >= 15 is 0 Å². The van der Waals surface area contributed by atoms with Crippen molar-refractivity contribution in [3.8, 4) is 0 Å². The molecular formula is C22H34N4O. The predicted molar refractivity (Wildman–Crippen MR) is 111 cm³/mol. The molecule has 27 heavy (non-hydrogen) atoms. The molecule has 0 radical (unpaired) electrons. The molecule has 3 rings (SSSR count). The van der Waals surface area contributed by atoms with Gasteiger partial charge in [-0.3, -0.25) is 9.79 Å². The third kappa shape index (κ3) is 5.02. The summed E-state index contributed by atoms with van der Waals surface area (Å²) in [7, 11) is 0. The fraction of sp³-hybridized carbons (Fsp3) is 0.636. The number of aliphatic imine (C=N–C) groups is 1. The van der Waals surface area contributed by atoms with Gasteiger partial charge in [-0.15, -0.1) is 0 Å². The van der Waals surface area contributed by atoms with E-state index in [0.29, 0.717) is 5.92 Å². The summed E-state index contributed by atoms with van der Waals surface area (Å²) in [6, 6.07) is 9.09. The van der Waals surface area contributed by atoms with E-state index in [2.05, 4.69) is 41.8 Å². The molecule has 1 saturated heterocycles. The number of aryl methyl sites for hydroxylation is 1. The lowest BCUT2D eigenvalue weighted by Gasteiger charge is -2.25. The number of rotatable bonds is 5. The van der Waals surface area contributed by atoms with Crippen molar-refractivity contribution >= 4 is 11.9 Å². The highest BCUT2D eigenvalue weighted by atomic mass is 16.2. The van der Waals surface area contributed by atoms with Gasteiger partial charge in [-0.2, -0.15) is 0 Å². The minimum absolute atomic E-state index is 0.0667. The molecule has 1 amide bonds. The molecule has 2 N–H and O–H groups in total. The number of likely N-dealkylation sites (tertiary alicyclic amines) is 1. The number of carbonyl (C=O) groups is 1. The van der Waals surface area contributed by atoms with E-state index in [-0.39, 0.29) is 17.9 Å². The highest BCUT2D eigenvalue weighted by molar-refractivity contribution is 5.81. The molecule has 0 bridgehead atoms. The van der Waals surface area contributed by atoms with Gasteiger partial charge in [0.2, 0.25) is 5.91 Å². The number of nitrogens with one attached hydrogen (secondary N) is 2. The quantitative estimate of drug-likeness (QED) is 0.619. The monoisotopic (exact) mass is 370 g/mol. The Balaban J connectivity index is 1.60. The van der Waals surface area contributed by atoms with Crippen LogP contribution < -0.4 is 10.6 Å². The molecule has 1 aromatic carbocycles. The maximum absolute atomic E-state index is 12.2. The average molecular weight is 371 g/mol. The van der Waals surface area contributed by atoms with E-state index in [0.717, 1.165) is 38.6 Å². The molecule has 5 nitrogen and oxygen atoms in total. The number of fused-ring (bicyclic) bond motifs is 1. The number of hydrogen-bond acceptors (Lipinski definition) is 2. The molecule has 0 saturated carbocycles. The van der Waals surface area contributed by atoms with E-state index in [1.54, 1.807) is 0 Å². The summed E-state index contributed by atoms with van der Waals surface area (Å²) < 4.78 is 0. The second kappa shape index (κ2) is 9.25. The average Bonchev–Trinajstić information content (AvgIpc) is 3.14. The van der Waals surface area contributed by atoms with Crippen molar-refractivity contribution in [2.24, 2.45) is 10.9 Å². The third-order valence-corrected chi connectivity index (χ3v) is 5.64. The zero-order valence-corrected chi connectivity index (χ0v) is 17.0. The smallest absolute Gasteiger partial charge is 0.225 e. The van der Waals surface area contributed by atoms with Crippen molar-refractivity contribution in [3.63, 3.8) is 0 Å². The second-order valence-corrected chi connectivity index (χ2v) is 8.08. The van der Waals surface area contributed by atoms with Gasteiger partial charge < -0.3 is 15.5 Å². The number of hydrogen-bond donors (Lipinski definition) is 2. The third-order valence-electron chi connectivity index (χ3n) is 5.64. The van der Waals surface area contributed by atoms with Crippen molar-refractivity contribution < 1.29 is 4.79 Å². The van der Waals surface area contributed by atoms with Crippen molar-refractivity contribution in [3.05, 3.63) is 35.4 Å². The van der Waals surface area contributed by atoms with Crippen LogP contribution in [0, 0.1) is 5.92 Å². The Labute approximate surface area is 163 Å². The van der Waals surface area contributed by atoms with Crippen molar-refractivity contribution in [2.75, 3.05) is 26.2 Å². The van der Waals surface area contributed by atoms with E-state index < -0.39 is 0 Å². The van der Waals surface area contributed by atoms with Gasteiger partial charge in [0.05, 0.1) is 0 Å². The molecule has 2 aliphatic rings. The summed E-state index contributed by atoms with van der Waals surface area (Å²) in [5, 5.41) is 6.92. The van der Waals surface area contributed by atoms with Gasteiger partial charge in [0.1, 0.15) is 0 Å². The molecule has 1 fully saturated rings. The standard InChI is InChI=1S/C22H34N4O/c1-4-23-22(25-19-12-13-26(15-19)21(27)16(2)3)24-14-18-10-7-9-17-8-5-6-11-20(17)18/h5-6,8,11,16,18-19H,4,7,9-10,12-15H2,1-3H3,(H2,23,24,25). The summed E-state index contributed by atoms with van der Waals surface area (Å²) >= 11 is 0. The van der Waals surface area contributed by atoms with Gasteiger partial charge in [-0.05, 0) is 43.7 Å². The van der Waals surface area contributed by atoms with E-state index in [1.807, 2.05) is 18.7 Å². The number of carbonyl (C=O) groups excluding carboxylic acids is 1. The lowest BCUT2D eigenvalue weighted by Crippen LogP contribution is -2.45. The highest BCUT2D eigenvalue weighted by Crippen LogP contribution is 2.31. The molecule has 1 aromatic rings. The number of guanidine groups is 1. The lowest BCUT2D eigenvalue weighted by atomic mass is 9.83. The molecule has 1 aliphatic heterocycles. The zero-order chi connectivity index (χ0) is 19.2. The summed E-state index contributed by atoms with van der Waals surface area (Å²) in [5.74, 6) is 1.70. The Morgan fingerprint density at radius 1 is 1.30 bits per heavy atom. The topological polar surface area (TPSA) is 56.7 Å². The summed E-state index contributed by atoms with van der Waals surface area (Å²) in [5.41, 5.74) is 2.96. The largest absolute Gasteiger partial charge is 0.357 e. The fourth-order valence-corrected chi connectivity index (χ4v) is 4.20. The van der Waals surface area contributed by atoms with E-state index in [1.165, 1.54) is 30.4 Å². The number of amides is 1. The molecule has 1 heterocycles. The number of nitrogens with zero attached hydrogens (tertiary/aromatic N) is 2. The molecule has 2 atom stereocenters. The van der Waals surface area contributed by atoms with Gasteiger partial charge in [0.15, 0.2) is 5.96 Å². The Hall–Kier alpha value is -2.04. The Bertz CT molecular complexity index is 670. The Morgan fingerprint density at radius 2 is 2.11 bits per heavy atom. The number of benzene rings is 1. The first-order valence-electron chi connectivity index (χ1n) is 10.5. The maximum Gasteiger partial charge on any atom is 0.225 e. The minimum Gasteiger partial charge on any atom is -0.357 e.